The molecule has 2 rings (SSSR count). The van der Waals surface area contributed by atoms with E-state index in [1.54, 1.807) is 18.2 Å². The van der Waals surface area contributed by atoms with Crippen molar-refractivity contribution >= 4 is 17.3 Å². The summed E-state index contributed by atoms with van der Waals surface area (Å²) in [5.74, 6) is -0.215. The molecule has 2 nitrogen and oxygen atoms in total. The molecule has 2 N–H and O–H groups in total. The fraction of sp³-hybridized carbons (Fsp3) is 0.200. The van der Waals surface area contributed by atoms with Crippen molar-refractivity contribution in [1.29, 1.82) is 0 Å². The van der Waals surface area contributed by atoms with Crippen molar-refractivity contribution < 1.29 is 4.39 Å². The summed E-state index contributed by atoms with van der Waals surface area (Å²) in [7, 11) is 1.96. The highest BCUT2D eigenvalue weighted by Crippen LogP contribution is 2.20. The third-order valence-corrected chi connectivity index (χ3v) is 3.22. The largest absolute Gasteiger partial charge is 0.399 e. The van der Waals surface area contributed by atoms with E-state index >= 15 is 0 Å². The summed E-state index contributed by atoms with van der Waals surface area (Å²) in [4.78, 5) is 2.06. The average Bonchev–Trinajstić information content (AvgIpc) is 2.34. The van der Waals surface area contributed by atoms with Gasteiger partial charge in [0.15, 0.2) is 0 Å². The van der Waals surface area contributed by atoms with E-state index in [4.69, 9.17) is 17.3 Å². The molecule has 0 fully saturated rings. The van der Waals surface area contributed by atoms with E-state index in [1.165, 1.54) is 12.1 Å². The summed E-state index contributed by atoms with van der Waals surface area (Å²) >= 11 is 6.13. The molecule has 19 heavy (non-hydrogen) atoms. The summed E-state index contributed by atoms with van der Waals surface area (Å²) in [6.07, 6.45) is 0. The van der Waals surface area contributed by atoms with Gasteiger partial charge in [0, 0.05) is 23.8 Å². The molecule has 0 aliphatic carbocycles. The van der Waals surface area contributed by atoms with Gasteiger partial charge in [0.25, 0.3) is 0 Å². The Bertz CT molecular complexity index is 572. The van der Waals surface area contributed by atoms with Gasteiger partial charge in [-0.3, -0.25) is 4.90 Å². The standard InChI is InChI=1S/C15H16ClFN2/c1-19(9-11-3-2-4-13(17)7-11)10-12-8-14(18)5-6-15(12)16/h2-8H,9-10,18H2,1H3. The lowest BCUT2D eigenvalue weighted by atomic mass is 10.1. The lowest BCUT2D eigenvalue weighted by molar-refractivity contribution is 0.318. The van der Waals surface area contributed by atoms with Gasteiger partial charge in [-0.15, -0.1) is 0 Å². The van der Waals surface area contributed by atoms with Crippen LogP contribution in [-0.4, -0.2) is 11.9 Å². The highest BCUT2D eigenvalue weighted by atomic mass is 35.5. The molecule has 100 valence electrons. The maximum absolute atomic E-state index is 13.1. The number of nitrogens with two attached hydrogens (primary N) is 1. The fourth-order valence-corrected chi connectivity index (χ4v) is 2.19. The van der Waals surface area contributed by atoms with Gasteiger partial charge in [-0.05, 0) is 48.5 Å². The van der Waals surface area contributed by atoms with Gasteiger partial charge in [-0.2, -0.15) is 0 Å². The van der Waals surface area contributed by atoms with Crippen LogP contribution in [0.5, 0.6) is 0 Å². The molecule has 0 aromatic heterocycles. The molecule has 0 heterocycles. The van der Waals surface area contributed by atoms with Crippen molar-refractivity contribution in [3.8, 4) is 0 Å². The number of rotatable bonds is 4. The Morgan fingerprint density at radius 1 is 1.16 bits per heavy atom. The third-order valence-electron chi connectivity index (χ3n) is 2.85. The predicted molar refractivity (Wildman–Crippen MR) is 77.4 cm³/mol. The van der Waals surface area contributed by atoms with Crippen molar-refractivity contribution in [2.24, 2.45) is 0 Å². The summed E-state index contributed by atoms with van der Waals surface area (Å²) in [6, 6.07) is 12.0. The molecular formula is C15H16ClFN2. The molecule has 0 atom stereocenters. The molecule has 4 heteroatoms. The minimum atomic E-state index is -0.215. The van der Waals surface area contributed by atoms with Gasteiger partial charge in [-0.1, -0.05) is 23.7 Å². The Hall–Kier alpha value is -1.58. The van der Waals surface area contributed by atoms with Crippen LogP contribution in [0.2, 0.25) is 5.02 Å². The Balaban J connectivity index is 2.05. The van der Waals surface area contributed by atoms with E-state index < -0.39 is 0 Å². The van der Waals surface area contributed by atoms with Gasteiger partial charge >= 0.3 is 0 Å². The van der Waals surface area contributed by atoms with E-state index in [1.807, 2.05) is 19.2 Å². The predicted octanol–water partition coefficient (Wildman–Crippen LogP) is 3.69. The third kappa shape index (κ3) is 3.94. The molecule has 0 amide bonds. The first-order valence-electron chi connectivity index (χ1n) is 6.01. The van der Waals surface area contributed by atoms with Crippen molar-refractivity contribution in [2.75, 3.05) is 12.8 Å². The molecular weight excluding hydrogens is 263 g/mol. The number of hydrogen-bond acceptors (Lipinski definition) is 2. The molecule has 2 aromatic carbocycles. The minimum Gasteiger partial charge on any atom is -0.399 e. The monoisotopic (exact) mass is 278 g/mol. The molecule has 0 aliphatic heterocycles. The SMILES string of the molecule is CN(Cc1cccc(F)c1)Cc1cc(N)ccc1Cl. The van der Waals surface area contributed by atoms with Gasteiger partial charge in [0.05, 0.1) is 0 Å². The van der Waals surface area contributed by atoms with Crippen molar-refractivity contribution in [3.05, 3.63) is 64.4 Å². The van der Waals surface area contributed by atoms with E-state index in [0.717, 1.165) is 11.1 Å². The Labute approximate surface area is 117 Å². The van der Waals surface area contributed by atoms with Crippen LogP contribution in [0.1, 0.15) is 11.1 Å². The van der Waals surface area contributed by atoms with E-state index in [0.29, 0.717) is 23.8 Å². The minimum absolute atomic E-state index is 0.215. The van der Waals surface area contributed by atoms with Crippen LogP contribution >= 0.6 is 11.6 Å². The first-order chi connectivity index (χ1) is 9.04. The molecule has 0 spiro atoms. The molecule has 0 bridgehead atoms. The smallest absolute Gasteiger partial charge is 0.123 e. The van der Waals surface area contributed by atoms with Crippen LogP contribution in [0.3, 0.4) is 0 Å². The maximum Gasteiger partial charge on any atom is 0.123 e. The number of nitrogen functional groups attached to an aromatic ring is 1. The van der Waals surface area contributed by atoms with Crippen LogP contribution < -0.4 is 5.73 Å². The lowest BCUT2D eigenvalue weighted by Gasteiger charge is -2.18. The van der Waals surface area contributed by atoms with Gasteiger partial charge < -0.3 is 5.73 Å². The maximum atomic E-state index is 13.1. The second kappa shape index (κ2) is 6.04. The lowest BCUT2D eigenvalue weighted by Crippen LogP contribution is -2.17. The van der Waals surface area contributed by atoms with Crippen LogP contribution in [0, 0.1) is 5.82 Å². The molecule has 0 unspecified atom stereocenters. The first kappa shape index (κ1) is 13.8. The number of anilines is 1. The summed E-state index contributed by atoms with van der Waals surface area (Å²) in [5.41, 5.74) is 8.35. The fourth-order valence-electron chi connectivity index (χ4n) is 2.01. The molecule has 2 aromatic rings. The molecule has 0 saturated carbocycles. The summed E-state index contributed by atoms with van der Waals surface area (Å²) in [6.45, 7) is 1.32. The quantitative estimate of drug-likeness (QED) is 0.864. The van der Waals surface area contributed by atoms with Crippen molar-refractivity contribution in [2.45, 2.75) is 13.1 Å². The Kier molecular flexibility index (Phi) is 4.40. The van der Waals surface area contributed by atoms with Crippen LogP contribution in [0.4, 0.5) is 10.1 Å². The van der Waals surface area contributed by atoms with Gasteiger partial charge in [-0.25, -0.2) is 4.39 Å². The second-order valence-corrected chi connectivity index (χ2v) is 5.06. The molecule has 0 radical (unpaired) electrons. The first-order valence-corrected chi connectivity index (χ1v) is 6.39. The van der Waals surface area contributed by atoms with E-state index in [-0.39, 0.29) is 5.82 Å². The average molecular weight is 279 g/mol. The summed E-state index contributed by atoms with van der Waals surface area (Å²) in [5, 5.41) is 0.695. The van der Waals surface area contributed by atoms with Crippen LogP contribution in [0.15, 0.2) is 42.5 Å². The topological polar surface area (TPSA) is 29.3 Å². The highest BCUT2D eigenvalue weighted by Gasteiger charge is 2.06. The zero-order valence-electron chi connectivity index (χ0n) is 10.7. The number of hydrogen-bond donors (Lipinski definition) is 1. The zero-order chi connectivity index (χ0) is 13.8. The molecule has 0 aliphatic rings. The van der Waals surface area contributed by atoms with E-state index in [2.05, 4.69) is 4.90 Å². The second-order valence-electron chi connectivity index (χ2n) is 4.65. The molecule has 0 saturated heterocycles. The van der Waals surface area contributed by atoms with Crippen molar-refractivity contribution in [3.63, 3.8) is 0 Å². The van der Waals surface area contributed by atoms with Crippen molar-refractivity contribution in [1.82, 2.24) is 4.90 Å². The number of nitrogens with zero attached hydrogens (tertiary/aromatic N) is 1. The Morgan fingerprint density at radius 3 is 2.68 bits per heavy atom. The number of benzene rings is 2. The normalized spacial score (nSPS) is 10.9. The van der Waals surface area contributed by atoms with Crippen LogP contribution in [0.25, 0.3) is 0 Å². The van der Waals surface area contributed by atoms with Gasteiger partial charge in [0.1, 0.15) is 5.82 Å². The number of halogens is 2. The zero-order valence-corrected chi connectivity index (χ0v) is 11.5. The summed E-state index contributed by atoms with van der Waals surface area (Å²) < 4.78 is 13.1. The van der Waals surface area contributed by atoms with E-state index in [9.17, 15) is 4.39 Å². The van der Waals surface area contributed by atoms with Gasteiger partial charge in [0.2, 0.25) is 0 Å². The van der Waals surface area contributed by atoms with Crippen LogP contribution in [-0.2, 0) is 13.1 Å². The highest BCUT2D eigenvalue weighted by molar-refractivity contribution is 6.31. The Morgan fingerprint density at radius 2 is 1.95 bits per heavy atom.